The zero-order chi connectivity index (χ0) is 11.3. The van der Waals surface area contributed by atoms with E-state index in [1.165, 1.54) is 11.1 Å². The van der Waals surface area contributed by atoms with Crippen molar-refractivity contribution in [2.24, 2.45) is 7.05 Å². The number of hydrogen-bond acceptors (Lipinski definition) is 2. The molecule has 0 bridgehead atoms. The van der Waals surface area contributed by atoms with Crippen molar-refractivity contribution in [3.63, 3.8) is 0 Å². The van der Waals surface area contributed by atoms with Gasteiger partial charge in [0.2, 0.25) is 0 Å². The fourth-order valence-corrected chi connectivity index (χ4v) is 1.64. The lowest BCUT2D eigenvalue weighted by molar-refractivity contribution is 0.514. The third-order valence-electron chi connectivity index (χ3n) is 2.44. The lowest BCUT2D eigenvalue weighted by atomic mass is 10.0. The van der Waals surface area contributed by atoms with Crippen LogP contribution in [0.1, 0.15) is 38.3 Å². The minimum Gasteiger partial charge on any atom is -0.310 e. The Balaban J connectivity index is 2.60. The maximum absolute atomic E-state index is 4.20. The monoisotopic (exact) mass is 207 g/mol. The summed E-state index contributed by atoms with van der Waals surface area (Å²) in [4.78, 5) is 0. The van der Waals surface area contributed by atoms with E-state index in [1.54, 1.807) is 0 Å². The predicted molar refractivity (Wildman–Crippen MR) is 63.7 cm³/mol. The molecule has 0 fully saturated rings. The van der Waals surface area contributed by atoms with Crippen molar-refractivity contribution in [2.45, 2.75) is 32.7 Å². The molecule has 1 aromatic heterocycles. The highest BCUT2D eigenvalue weighted by atomic mass is 15.2. The van der Waals surface area contributed by atoms with Crippen LogP contribution in [0.25, 0.3) is 0 Å². The Labute approximate surface area is 92.2 Å². The van der Waals surface area contributed by atoms with Crippen molar-refractivity contribution in [1.82, 2.24) is 15.1 Å². The summed E-state index contributed by atoms with van der Waals surface area (Å²) in [5, 5.41) is 7.67. The molecule has 0 saturated carbocycles. The lowest BCUT2D eigenvalue weighted by Crippen LogP contribution is -2.20. The van der Waals surface area contributed by atoms with E-state index in [0.717, 1.165) is 19.4 Å². The van der Waals surface area contributed by atoms with Crippen LogP contribution in [-0.4, -0.2) is 16.3 Å². The molecule has 1 unspecified atom stereocenters. The largest absolute Gasteiger partial charge is 0.310 e. The van der Waals surface area contributed by atoms with Crippen molar-refractivity contribution in [2.75, 3.05) is 6.54 Å². The van der Waals surface area contributed by atoms with Crippen LogP contribution in [0.2, 0.25) is 0 Å². The molecular formula is C12H21N3. The van der Waals surface area contributed by atoms with E-state index in [4.69, 9.17) is 0 Å². The molecule has 0 aliphatic rings. The van der Waals surface area contributed by atoms with E-state index in [1.807, 2.05) is 17.9 Å². The standard InChI is InChI=1S/C12H21N3/c1-5-13-12(7-6-10(2)3)11-8-14-15(4)9-11/h8-9,12-13H,2,5-7H2,1,3-4H3. The summed E-state index contributed by atoms with van der Waals surface area (Å²) in [7, 11) is 1.95. The van der Waals surface area contributed by atoms with Gasteiger partial charge >= 0.3 is 0 Å². The van der Waals surface area contributed by atoms with Gasteiger partial charge in [-0.2, -0.15) is 5.10 Å². The first-order chi connectivity index (χ1) is 7.13. The van der Waals surface area contributed by atoms with E-state index in [9.17, 15) is 0 Å². The number of rotatable bonds is 6. The van der Waals surface area contributed by atoms with Gasteiger partial charge in [-0.05, 0) is 26.3 Å². The molecule has 3 heteroatoms. The molecule has 1 rings (SSSR count). The third kappa shape index (κ3) is 3.88. The number of nitrogens with one attached hydrogen (secondary N) is 1. The first kappa shape index (κ1) is 12.0. The zero-order valence-electron chi connectivity index (χ0n) is 9.95. The highest BCUT2D eigenvalue weighted by Gasteiger charge is 2.11. The smallest absolute Gasteiger partial charge is 0.0537 e. The Hall–Kier alpha value is -1.09. The molecule has 0 radical (unpaired) electrons. The Morgan fingerprint density at radius 2 is 2.40 bits per heavy atom. The highest BCUT2D eigenvalue weighted by molar-refractivity contribution is 5.10. The zero-order valence-corrected chi connectivity index (χ0v) is 9.95. The van der Waals surface area contributed by atoms with Gasteiger partial charge in [-0.15, -0.1) is 6.58 Å². The van der Waals surface area contributed by atoms with E-state index >= 15 is 0 Å². The second-order valence-corrected chi connectivity index (χ2v) is 4.05. The molecule has 0 amide bonds. The number of aryl methyl sites for hydroxylation is 1. The normalized spacial score (nSPS) is 12.7. The summed E-state index contributed by atoms with van der Waals surface area (Å²) in [5.41, 5.74) is 2.50. The average Bonchev–Trinajstić information content (AvgIpc) is 2.59. The summed E-state index contributed by atoms with van der Waals surface area (Å²) in [6.07, 6.45) is 6.17. The van der Waals surface area contributed by atoms with Crippen LogP contribution >= 0.6 is 0 Å². The van der Waals surface area contributed by atoms with Gasteiger partial charge in [-0.1, -0.05) is 12.5 Å². The molecule has 15 heavy (non-hydrogen) atoms. The molecule has 84 valence electrons. The predicted octanol–water partition coefficient (Wildman–Crippen LogP) is 2.43. The van der Waals surface area contributed by atoms with Crippen LogP contribution in [0, 0.1) is 0 Å². The minimum absolute atomic E-state index is 0.403. The quantitative estimate of drug-likeness (QED) is 0.726. The van der Waals surface area contributed by atoms with Gasteiger partial charge in [0.1, 0.15) is 0 Å². The fraction of sp³-hybridized carbons (Fsp3) is 0.583. The Morgan fingerprint density at radius 3 is 2.87 bits per heavy atom. The second-order valence-electron chi connectivity index (χ2n) is 4.05. The van der Waals surface area contributed by atoms with Crippen molar-refractivity contribution < 1.29 is 0 Å². The first-order valence-corrected chi connectivity index (χ1v) is 5.49. The summed E-state index contributed by atoms with van der Waals surface area (Å²) < 4.78 is 1.85. The van der Waals surface area contributed by atoms with Crippen LogP contribution in [0.3, 0.4) is 0 Å². The van der Waals surface area contributed by atoms with Crippen molar-refractivity contribution in [3.05, 3.63) is 30.1 Å². The Bertz CT molecular complexity index is 314. The molecule has 0 aliphatic heterocycles. The molecule has 0 aliphatic carbocycles. The molecule has 3 nitrogen and oxygen atoms in total. The van der Waals surface area contributed by atoms with Crippen molar-refractivity contribution in [3.8, 4) is 0 Å². The van der Waals surface area contributed by atoms with Gasteiger partial charge in [0.25, 0.3) is 0 Å². The average molecular weight is 207 g/mol. The number of allylic oxidation sites excluding steroid dienone is 1. The Morgan fingerprint density at radius 1 is 1.67 bits per heavy atom. The third-order valence-corrected chi connectivity index (χ3v) is 2.44. The maximum Gasteiger partial charge on any atom is 0.0537 e. The summed E-state index contributed by atoms with van der Waals surface area (Å²) in [5.74, 6) is 0. The molecule has 0 aromatic carbocycles. The van der Waals surface area contributed by atoms with Crippen LogP contribution < -0.4 is 5.32 Å². The highest BCUT2D eigenvalue weighted by Crippen LogP contribution is 2.19. The number of nitrogens with zero attached hydrogens (tertiary/aromatic N) is 2. The summed E-state index contributed by atoms with van der Waals surface area (Å²) >= 11 is 0. The van der Waals surface area contributed by atoms with Gasteiger partial charge in [0, 0.05) is 24.8 Å². The molecule has 0 saturated heterocycles. The van der Waals surface area contributed by atoms with Crippen LogP contribution in [0.5, 0.6) is 0 Å². The molecule has 1 atom stereocenters. The van der Waals surface area contributed by atoms with Crippen LogP contribution in [0.15, 0.2) is 24.5 Å². The number of hydrogen-bond donors (Lipinski definition) is 1. The van der Waals surface area contributed by atoms with Crippen LogP contribution in [-0.2, 0) is 7.05 Å². The van der Waals surface area contributed by atoms with E-state index < -0.39 is 0 Å². The summed E-state index contributed by atoms with van der Waals surface area (Å²) in [6.45, 7) is 9.12. The summed E-state index contributed by atoms with van der Waals surface area (Å²) in [6, 6.07) is 0.403. The SMILES string of the molecule is C=C(C)CCC(NCC)c1cnn(C)c1. The van der Waals surface area contributed by atoms with Crippen molar-refractivity contribution in [1.29, 1.82) is 0 Å². The van der Waals surface area contributed by atoms with E-state index in [0.29, 0.717) is 6.04 Å². The van der Waals surface area contributed by atoms with Gasteiger partial charge in [-0.3, -0.25) is 4.68 Å². The van der Waals surface area contributed by atoms with Crippen molar-refractivity contribution >= 4 is 0 Å². The van der Waals surface area contributed by atoms with Gasteiger partial charge in [0.05, 0.1) is 6.20 Å². The Kier molecular flexibility index (Phi) is 4.56. The first-order valence-electron chi connectivity index (χ1n) is 5.49. The second kappa shape index (κ2) is 5.71. The van der Waals surface area contributed by atoms with Crippen LogP contribution in [0.4, 0.5) is 0 Å². The van der Waals surface area contributed by atoms with E-state index in [-0.39, 0.29) is 0 Å². The molecule has 1 N–H and O–H groups in total. The van der Waals surface area contributed by atoms with Gasteiger partial charge in [0.15, 0.2) is 0 Å². The molecular weight excluding hydrogens is 186 g/mol. The van der Waals surface area contributed by atoms with E-state index in [2.05, 4.69) is 37.0 Å². The maximum atomic E-state index is 4.20. The molecule has 1 aromatic rings. The lowest BCUT2D eigenvalue weighted by Gasteiger charge is -2.16. The minimum atomic E-state index is 0.403. The topological polar surface area (TPSA) is 29.9 Å². The molecule has 0 spiro atoms. The number of aromatic nitrogens is 2. The molecule has 1 heterocycles. The van der Waals surface area contributed by atoms with Gasteiger partial charge in [-0.25, -0.2) is 0 Å². The van der Waals surface area contributed by atoms with Gasteiger partial charge < -0.3 is 5.32 Å². The fourth-order valence-electron chi connectivity index (χ4n) is 1.64.